The smallest absolute Gasteiger partial charge is 0.311 e. The number of aryl methyl sites for hydroxylation is 1. The van der Waals surface area contributed by atoms with Crippen molar-refractivity contribution in [2.45, 2.75) is 13.5 Å². The first kappa shape index (κ1) is 18.5. The zero-order valence-electron chi connectivity index (χ0n) is 14.8. The van der Waals surface area contributed by atoms with Gasteiger partial charge in [-0.1, -0.05) is 35.9 Å². The van der Waals surface area contributed by atoms with Gasteiger partial charge < -0.3 is 9.47 Å². The van der Waals surface area contributed by atoms with Crippen LogP contribution in [0.25, 0.3) is 0 Å². The average Bonchev–Trinajstić information content (AvgIpc) is 2.69. The summed E-state index contributed by atoms with van der Waals surface area (Å²) in [5.41, 5.74) is 1.33. The van der Waals surface area contributed by atoms with Gasteiger partial charge in [-0.25, -0.2) is 4.68 Å². The monoisotopic (exact) mass is 381 g/mol. The number of nitrogens with zero attached hydrogens (tertiary/aromatic N) is 3. The summed E-state index contributed by atoms with van der Waals surface area (Å²) >= 11 is 6.18. The van der Waals surface area contributed by atoms with Crippen LogP contribution in [0.1, 0.15) is 16.8 Å². The molecule has 1 heterocycles. The van der Waals surface area contributed by atoms with Crippen LogP contribution in [0.4, 0.5) is 0 Å². The molecule has 3 aromatic rings. The quantitative estimate of drug-likeness (QED) is 0.669. The van der Waals surface area contributed by atoms with Gasteiger partial charge in [0.2, 0.25) is 5.75 Å². The normalized spacial score (nSPS) is 10.3. The molecule has 0 fully saturated rings. The minimum absolute atomic E-state index is 0.0756. The third-order valence-electron chi connectivity index (χ3n) is 4.02. The molecule has 0 aliphatic rings. The molecule has 136 valence electrons. The first-order valence-corrected chi connectivity index (χ1v) is 8.48. The molecular formula is C20H16ClN3O3. The van der Waals surface area contributed by atoms with Crippen LogP contribution in [0.5, 0.6) is 17.2 Å². The Morgan fingerprint density at radius 2 is 1.81 bits per heavy atom. The number of benzene rings is 2. The number of hydrogen-bond donors (Lipinski definition) is 0. The minimum atomic E-state index is -0.516. The van der Waals surface area contributed by atoms with Crippen molar-refractivity contribution in [3.05, 3.63) is 80.7 Å². The molecule has 0 bridgehead atoms. The van der Waals surface area contributed by atoms with E-state index < -0.39 is 5.56 Å². The summed E-state index contributed by atoms with van der Waals surface area (Å²) < 4.78 is 12.0. The third-order valence-corrected chi connectivity index (χ3v) is 4.37. The van der Waals surface area contributed by atoms with E-state index in [1.165, 1.54) is 4.68 Å². The van der Waals surface area contributed by atoms with Crippen molar-refractivity contribution in [3.63, 3.8) is 0 Å². The summed E-state index contributed by atoms with van der Waals surface area (Å²) in [6.07, 6.45) is 0. The first-order chi connectivity index (χ1) is 13.0. The SMILES string of the molecule is COc1ccc(Oc2c(Cl)c(C#N)nn(Cc3ccccc3C)c2=O)cc1. The van der Waals surface area contributed by atoms with Gasteiger partial charge in [0.15, 0.2) is 5.69 Å². The summed E-state index contributed by atoms with van der Waals surface area (Å²) in [5, 5.41) is 13.3. The van der Waals surface area contributed by atoms with Gasteiger partial charge in [-0.3, -0.25) is 4.79 Å². The van der Waals surface area contributed by atoms with Crippen LogP contribution in [0.3, 0.4) is 0 Å². The summed E-state index contributed by atoms with van der Waals surface area (Å²) in [5.74, 6) is 0.909. The van der Waals surface area contributed by atoms with E-state index in [-0.39, 0.29) is 23.0 Å². The van der Waals surface area contributed by atoms with E-state index in [0.29, 0.717) is 11.5 Å². The number of aromatic nitrogens is 2. The predicted molar refractivity (Wildman–Crippen MR) is 102 cm³/mol. The maximum atomic E-state index is 12.9. The van der Waals surface area contributed by atoms with Gasteiger partial charge in [-0.05, 0) is 42.3 Å². The molecule has 0 aliphatic heterocycles. The molecule has 0 unspecified atom stereocenters. The highest BCUT2D eigenvalue weighted by Gasteiger charge is 2.19. The second-order valence-corrected chi connectivity index (χ2v) is 6.15. The van der Waals surface area contributed by atoms with Gasteiger partial charge in [0.25, 0.3) is 0 Å². The molecule has 3 rings (SSSR count). The van der Waals surface area contributed by atoms with Crippen molar-refractivity contribution in [1.29, 1.82) is 5.26 Å². The van der Waals surface area contributed by atoms with E-state index in [1.54, 1.807) is 31.4 Å². The van der Waals surface area contributed by atoms with E-state index in [0.717, 1.165) is 11.1 Å². The Labute approximate surface area is 161 Å². The maximum Gasteiger partial charge on any atom is 0.311 e. The predicted octanol–water partition coefficient (Wildman–Crippen LogP) is 3.93. The molecule has 0 spiro atoms. The highest BCUT2D eigenvalue weighted by Crippen LogP contribution is 2.28. The fourth-order valence-corrected chi connectivity index (χ4v) is 2.71. The van der Waals surface area contributed by atoms with E-state index >= 15 is 0 Å². The largest absolute Gasteiger partial charge is 0.497 e. The Morgan fingerprint density at radius 1 is 1.15 bits per heavy atom. The lowest BCUT2D eigenvalue weighted by Crippen LogP contribution is -2.26. The standard InChI is InChI=1S/C20H16ClN3O3/c1-13-5-3-4-6-14(13)12-24-20(25)19(18(21)17(11-22)23-24)27-16-9-7-15(26-2)8-10-16/h3-10H,12H2,1-2H3. The fraction of sp³-hybridized carbons (Fsp3) is 0.150. The molecule has 0 saturated carbocycles. The molecule has 0 saturated heterocycles. The molecular weight excluding hydrogens is 366 g/mol. The Hall–Kier alpha value is -3.30. The molecule has 27 heavy (non-hydrogen) atoms. The number of ether oxygens (including phenoxy) is 2. The van der Waals surface area contributed by atoms with Crippen molar-refractivity contribution in [2.75, 3.05) is 7.11 Å². The molecule has 1 aromatic heterocycles. The van der Waals surface area contributed by atoms with Crippen LogP contribution in [0.2, 0.25) is 5.02 Å². The molecule has 6 nitrogen and oxygen atoms in total. The van der Waals surface area contributed by atoms with Gasteiger partial charge in [0, 0.05) is 0 Å². The number of nitriles is 1. The Kier molecular flexibility index (Phi) is 5.43. The first-order valence-electron chi connectivity index (χ1n) is 8.10. The van der Waals surface area contributed by atoms with Crippen LogP contribution in [-0.4, -0.2) is 16.9 Å². The van der Waals surface area contributed by atoms with Crippen molar-refractivity contribution in [1.82, 2.24) is 9.78 Å². The number of methoxy groups -OCH3 is 1. The molecule has 0 radical (unpaired) electrons. The van der Waals surface area contributed by atoms with Gasteiger partial charge in [0.1, 0.15) is 22.6 Å². The molecule has 0 N–H and O–H groups in total. The summed E-state index contributed by atoms with van der Waals surface area (Å²) in [4.78, 5) is 12.9. The van der Waals surface area contributed by atoms with E-state index in [4.69, 9.17) is 21.1 Å². The summed E-state index contributed by atoms with van der Waals surface area (Å²) in [6, 6.07) is 16.2. The Bertz CT molecular complexity index is 1070. The van der Waals surface area contributed by atoms with Crippen LogP contribution < -0.4 is 15.0 Å². The highest BCUT2D eigenvalue weighted by atomic mass is 35.5. The van der Waals surface area contributed by atoms with Crippen LogP contribution in [0.15, 0.2) is 53.3 Å². The molecule has 0 aliphatic carbocycles. The van der Waals surface area contributed by atoms with Gasteiger partial charge in [-0.2, -0.15) is 10.4 Å². The lowest BCUT2D eigenvalue weighted by atomic mass is 10.1. The van der Waals surface area contributed by atoms with E-state index in [9.17, 15) is 10.1 Å². The third kappa shape index (κ3) is 3.94. The molecule has 0 atom stereocenters. The van der Waals surface area contributed by atoms with Gasteiger partial charge in [-0.15, -0.1) is 0 Å². The minimum Gasteiger partial charge on any atom is -0.497 e. The summed E-state index contributed by atoms with van der Waals surface area (Å²) in [6.45, 7) is 2.15. The molecule has 2 aromatic carbocycles. The highest BCUT2D eigenvalue weighted by molar-refractivity contribution is 6.32. The zero-order chi connectivity index (χ0) is 19.4. The fourth-order valence-electron chi connectivity index (χ4n) is 2.51. The van der Waals surface area contributed by atoms with Crippen molar-refractivity contribution in [2.24, 2.45) is 0 Å². The van der Waals surface area contributed by atoms with Crippen LogP contribution >= 0.6 is 11.6 Å². The summed E-state index contributed by atoms with van der Waals surface area (Å²) in [7, 11) is 1.55. The van der Waals surface area contributed by atoms with Gasteiger partial charge >= 0.3 is 5.56 Å². The van der Waals surface area contributed by atoms with E-state index in [1.807, 2.05) is 37.3 Å². The Morgan fingerprint density at radius 3 is 2.44 bits per heavy atom. The Balaban J connectivity index is 2.03. The molecule has 0 amide bonds. The second kappa shape index (κ2) is 7.94. The number of rotatable bonds is 5. The second-order valence-electron chi connectivity index (χ2n) is 5.77. The number of hydrogen-bond acceptors (Lipinski definition) is 5. The zero-order valence-corrected chi connectivity index (χ0v) is 15.5. The van der Waals surface area contributed by atoms with E-state index in [2.05, 4.69) is 5.10 Å². The van der Waals surface area contributed by atoms with Gasteiger partial charge in [0.05, 0.1) is 13.7 Å². The van der Waals surface area contributed by atoms with Crippen molar-refractivity contribution >= 4 is 11.6 Å². The topological polar surface area (TPSA) is 77.1 Å². The number of halogens is 1. The van der Waals surface area contributed by atoms with Crippen molar-refractivity contribution < 1.29 is 9.47 Å². The van der Waals surface area contributed by atoms with Crippen LogP contribution in [0, 0.1) is 18.3 Å². The average molecular weight is 382 g/mol. The van der Waals surface area contributed by atoms with Crippen molar-refractivity contribution in [3.8, 4) is 23.3 Å². The molecule has 7 heteroatoms. The lowest BCUT2D eigenvalue weighted by molar-refractivity contribution is 0.412. The van der Waals surface area contributed by atoms with Crippen LogP contribution in [-0.2, 0) is 6.54 Å². The lowest BCUT2D eigenvalue weighted by Gasteiger charge is -2.12. The maximum absolute atomic E-state index is 12.9.